The molecule has 1 aromatic heterocycles. The molecular weight excluding hydrogens is 227 g/mol. The molecule has 0 saturated heterocycles. The first-order chi connectivity index (χ1) is 8.72. The molecule has 1 N–H and O–H groups in total. The Morgan fingerprint density at radius 3 is 2.61 bits per heavy atom. The SMILES string of the molecule is CCNC(C)c1ccc(F)c(-c2ccncc2)c1. The third-order valence-corrected chi connectivity index (χ3v) is 2.99. The lowest BCUT2D eigenvalue weighted by Gasteiger charge is -2.14. The number of nitrogens with one attached hydrogen (secondary N) is 1. The van der Waals surface area contributed by atoms with Gasteiger partial charge in [-0.15, -0.1) is 0 Å². The van der Waals surface area contributed by atoms with Gasteiger partial charge in [0, 0.05) is 24.0 Å². The van der Waals surface area contributed by atoms with Crippen LogP contribution in [0.15, 0.2) is 42.7 Å². The van der Waals surface area contributed by atoms with Crippen LogP contribution in [0, 0.1) is 5.82 Å². The Kier molecular flexibility index (Phi) is 4.05. The van der Waals surface area contributed by atoms with Crippen molar-refractivity contribution in [2.45, 2.75) is 19.9 Å². The van der Waals surface area contributed by atoms with Crippen LogP contribution in [0.1, 0.15) is 25.5 Å². The molecule has 0 aliphatic carbocycles. The molecule has 0 radical (unpaired) electrons. The first-order valence-corrected chi connectivity index (χ1v) is 6.15. The Balaban J connectivity index is 2.39. The zero-order valence-electron chi connectivity index (χ0n) is 10.7. The molecule has 0 aliphatic rings. The van der Waals surface area contributed by atoms with E-state index >= 15 is 0 Å². The standard InChI is InChI=1S/C15H17FN2/c1-3-18-11(2)13-4-5-15(16)14(10-13)12-6-8-17-9-7-12/h4-11,18H,3H2,1-2H3. The molecule has 1 unspecified atom stereocenters. The second kappa shape index (κ2) is 5.74. The van der Waals surface area contributed by atoms with Crippen LogP contribution in [0.2, 0.25) is 0 Å². The normalized spacial score (nSPS) is 12.4. The van der Waals surface area contributed by atoms with Crippen LogP contribution in [-0.2, 0) is 0 Å². The molecule has 18 heavy (non-hydrogen) atoms. The monoisotopic (exact) mass is 244 g/mol. The summed E-state index contributed by atoms with van der Waals surface area (Å²) in [6.07, 6.45) is 3.35. The Labute approximate surface area is 107 Å². The van der Waals surface area contributed by atoms with Crippen molar-refractivity contribution in [3.05, 3.63) is 54.1 Å². The van der Waals surface area contributed by atoms with Gasteiger partial charge in [-0.1, -0.05) is 13.0 Å². The number of nitrogens with zero attached hydrogens (tertiary/aromatic N) is 1. The number of pyridine rings is 1. The number of rotatable bonds is 4. The molecule has 2 nitrogen and oxygen atoms in total. The first kappa shape index (κ1) is 12.7. The molecule has 0 saturated carbocycles. The highest BCUT2D eigenvalue weighted by molar-refractivity contribution is 5.64. The summed E-state index contributed by atoms with van der Waals surface area (Å²) < 4.78 is 13.9. The van der Waals surface area contributed by atoms with E-state index in [1.54, 1.807) is 12.4 Å². The van der Waals surface area contributed by atoms with Crippen LogP contribution in [0.25, 0.3) is 11.1 Å². The highest BCUT2D eigenvalue weighted by Gasteiger charge is 2.09. The summed E-state index contributed by atoms with van der Waals surface area (Å²) in [5.74, 6) is -0.200. The topological polar surface area (TPSA) is 24.9 Å². The Morgan fingerprint density at radius 2 is 1.94 bits per heavy atom. The van der Waals surface area contributed by atoms with Gasteiger partial charge in [0.2, 0.25) is 0 Å². The van der Waals surface area contributed by atoms with Gasteiger partial charge in [-0.3, -0.25) is 4.98 Å². The predicted octanol–water partition coefficient (Wildman–Crippen LogP) is 3.56. The van der Waals surface area contributed by atoms with E-state index in [1.165, 1.54) is 6.07 Å². The van der Waals surface area contributed by atoms with E-state index in [9.17, 15) is 4.39 Å². The summed E-state index contributed by atoms with van der Waals surface area (Å²) in [4.78, 5) is 3.95. The lowest BCUT2D eigenvalue weighted by Crippen LogP contribution is -2.17. The van der Waals surface area contributed by atoms with Crippen molar-refractivity contribution in [2.24, 2.45) is 0 Å². The molecular formula is C15H17FN2. The van der Waals surface area contributed by atoms with E-state index < -0.39 is 0 Å². The molecule has 0 fully saturated rings. The zero-order valence-corrected chi connectivity index (χ0v) is 10.7. The molecule has 2 rings (SSSR count). The third-order valence-electron chi connectivity index (χ3n) is 2.99. The fourth-order valence-corrected chi connectivity index (χ4v) is 1.99. The minimum atomic E-state index is -0.200. The summed E-state index contributed by atoms with van der Waals surface area (Å²) in [5.41, 5.74) is 2.57. The van der Waals surface area contributed by atoms with Gasteiger partial charge in [-0.25, -0.2) is 4.39 Å². The minimum Gasteiger partial charge on any atom is -0.310 e. The molecule has 1 atom stereocenters. The highest BCUT2D eigenvalue weighted by atomic mass is 19.1. The Morgan fingerprint density at radius 1 is 1.22 bits per heavy atom. The van der Waals surface area contributed by atoms with Crippen molar-refractivity contribution in [1.29, 1.82) is 0 Å². The average molecular weight is 244 g/mol. The lowest BCUT2D eigenvalue weighted by atomic mass is 10.0. The molecule has 0 spiro atoms. The van der Waals surface area contributed by atoms with E-state index in [0.29, 0.717) is 5.56 Å². The molecule has 0 amide bonds. The van der Waals surface area contributed by atoms with Gasteiger partial charge in [0.15, 0.2) is 0 Å². The molecule has 0 aliphatic heterocycles. The number of benzene rings is 1. The van der Waals surface area contributed by atoms with E-state index in [-0.39, 0.29) is 11.9 Å². The first-order valence-electron chi connectivity index (χ1n) is 6.15. The molecule has 2 aromatic rings. The minimum absolute atomic E-state index is 0.200. The summed E-state index contributed by atoms with van der Waals surface area (Å²) in [5, 5.41) is 3.33. The number of hydrogen-bond donors (Lipinski definition) is 1. The van der Waals surface area contributed by atoms with Crippen molar-refractivity contribution in [3.8, 4) is 11.1 Å². The van der Waals surface area contributed by atoms with Crippen molar-refractivity contribution in [3.63, 3.8) is 0 Å². The zero-order chi connectivity index (χ0) is 13.0. The van der Waals surface area contributed by atoms with Gasteiger partial charge < -0.3 is 5.32 Å². The van der Waals surface area contributed by atoms with Crippen molar-refractivity contribution in [1.82, 2.24) is 10.3 Å². The van der Waals surface area contributed by atoms with Crippen LogP contribution in [0.4, 0.5) is 4.39 Å². The maximum absolute atomic E-state index is 13.9. The summed E-state index contributed by atoms with van der Waals surface area (Å²) in [6.45, 7) is 5.03. The summed E-state index contributed by atoms with van der Waals surface area (Å²) >= 11 is 0. The van der Waals surface area contributed by atoms with E-state index in [0.717, 1.165) is 17.7 Å². The summed E-state index contributed by atoms with van der Waals surface area (Å²) in [6, 6.07) is 9.11. The van der Waals surface area contributed by atoms with Gasteiger partial charge in [-0.2, -0.15) is 0 Å². The van der Waals surface area contributed by atoms with Gasteiger partial charge in [0.1, 0.15) is 5.82 Å². The number of hydrogen-bond acceptors (Lipinski definition) is 2. The van der Waals surface area contributed by atoms with Gasteiger partial charge in [0.25, 0.3) is 0 Å². The molecule has 1 aromatic carbocycles. The van der Waals surface area contributed by atoms with E-state index in [4.69, 9.17) is 0 Å². The van der Waals surface area contributed by atoms with Crippen LogP contribution >= 0.6 is 0 Å². The van der Waals surface area contributed by atoms with Crippen molar-refractivity contribution < 1.29 is 4.39 Å². The van der Waals surface area contributed by atoms with Crippen molar-refractivity contribution in [2.75, 3.05) is 6.54 Å². The van der Waals surface area contributed by atoms with E-state index in [1.807, 2.05) is 24.3 Å². The smallest absolute Gasteiger partial charge is 0.131 e. The third kappa shape index (κ3) is 2.74. The van der Waals surface area contributed by atoms with Crippen LogP contribution in [0.3, 0.4) is 0 Å². The number of aromatic nitrogens is 1. The van der Waals surface area contributed by atoms with E-state index in [2.05, 4.69) is 24.1 Å². The molecule has 3 heteroatoms. The lowest BCUT2D eigenvalue weighted by molar-refractivity contribution is 0.593. The fourth-order valence-electron chi connectivity index (χ4n) is 1.99. The highest BCUT2D eigenvalue weighted by Crippen LogP contribution is 2.25. The maximum atomic E-state index is 13.9. The van der Waals surface area contributed by atoms with Gasteiger partial charge in [0.05, 0.1) is 0 Å². The molecule has 1 heterocycles. The molecule has 94 valence electrons. The second-order valence-electron chi connectivity index (χ2n) is 4.25. The van der Waals surface area contributed by atoms with Gasteiger partial charge >= 0.3 is 0 Å². The maximum Gasteiger partial charge on any atom is 0.131 e. The van der Waals surface area contributed by atoms with Crippen LogP contribution in [-0.4, -0.2) is 11.5 Å². The largest absolute Gasteiger partial charge is 0.310 e. The fraction of sp³-hybridized carbons (Fsp3) is 0.267. The number of halogens is 1. The average Bonchev–Trinajstić information content (AvgIpc) is 2.40. The van der Waals surface area contributed by atoms with Crippen molar-refractivity contribution >= 4 is 0 Å². The predicted molar refractivity (Wildman–Crippen MR) is 71.7 cm³/mol. The Bertz CT molecular complexity index is 511. The molecule has 0 bridgehead atoms. The summed E-state index contributed by atoms with van der Waals surface area (Å²) in [7, 11) is 0. The van der Waals surface area contributed by atoms with Crippen LogP contribution < -0.4 is 5.32 Å². The quantitative estimate of drug-likeness (QED) is 0.889. The Hall–Kier alpha value is -1.74. The second-order valence-corrected chi connectivity index (χ2v) is 4.25. The van der Waals surface area contributed by atoms with Crippen LogP contribution in [0.5, 0.6) is 0 Å². The van der Waals surface area contributed by atoms with Gasteiger partial charge in [-0.05, 0) is 48.9 Å².